The molecule has 4 aliphatic carbocycles. The van der Waals surface area contributed by atoms with Gasteiger partial charge in [-0.15, -0.1) is 0 Å². The predicted octanol–water partition coefficient (Wildman–Crippen LogP) is 6.61. The largest absolute Gasteiger partial charge is 0.461 e. The van der Waals surface area contributed by atoms with Crippen molar-refractivity contribution in [3.05, 3.63) is 11.6 Å². The normalized spacial score (nSPS) is 41.2. The van der Waals surface area contributed by atoms with E-state index in [1.54, 1.807) is 6.92 Å². The molecule has 0 bridgehead atoms. The van der Waals surface area contributed by atoms with Crippen LogP contribution in [0.3, 0.4) is 0 Å². The Morgan fingerprint density at radius 1 is 1.18 bits per heavy atom. The lowest BCUT2D eigenvalue weighted by atomic mass is 9.46. The second kappa shape index (κ2) is 9.90. The fourth-order valence-electron chi connectivity index (χ4n) is 9.08. The smallest absolute Gasteiger partial charge is 0.416 e. The second-order valence-corrected chi connectivity index (χ2v) is 13.6. The molecule has 0 saturated heterocycles. The highest BCUT2D eigenvalue weighted by molar-refractivity contribution is 6.38. The van der Waals surface area contributed by atoms with Gasteiger partial charge in [0, 0.05) is 6.42 Å². The summed E-state index contributed by atoms with van der Waals surface area (Å²) in [5, 5.41) is 29.6. The van der Waals surface area contributed by atoms with Gasteiger partial charge in [0.15, 0.2) is 5.60 Å². The average molecular weight is 542 g/mol. The number of esters is 1. The molecule has 4 aliphatic rings. The van der Waals surface area contributed by atoms with Gasteiger partial charge in [0.25, 0.3) is 0 Å². The Morgan fingerprint density at radius 2 is 1.87 bits per heavy atom. The van der Waals surface area contributed by atoms with Gasteiger partial charge in [-0.25, -0.2) is 4.79 Å². The highest BCUT2D eigenvalue weighted by atomic mass is 19.4. The molecule has 0 radical (unpaired) electrons. The first-order chi connectivity index (χ1) is 17.5. The van der Waals surface area contributed by atoms with E-state index in [1.165, 1.54) is 0 Å². The molecule has 216 valence electrons. The zero-order valence-corrected chi connectivity index (χ0v) is 23.6. The molecule has 0 aliphatic heterocycles. The molecule has 0 amide bonds. The minimum Gasteiger partial charge on any atom is -0.461 e. The van der Waals surface area contributed by atoms with E-state index in [4.69, 9.17) is 10.1 Å². The maximum atomic E-state index is 13.2. The summed E-state index contributed by atoms with van der Waals surface area (Å²) in [5.41, 5.74) is -3.34. The highest BCUT2D eigenvalue weighted by Crippen LogP contribution is 2.68. The van der Waals surface area contributed by atoms with Crippen molar-refractivity contribution in [2.24, 2.45) is 40.4 Å². The van der Waals surface area contributed by atoms with Gasteiger partial charge >= 0.3 is 12.1 Å². The molecule has 0 aromatic heterocycles. The van der Waals surface area contributed by atoms with Crippen molar-refractivity contribution in [1.82, 2.24) is 0 Å². The van der Waals surface area contributed by atoms with Gasteiger partial charge in [-0.3, -0.25) is 5.41 Å². The van der Waals surface area contributed by atoms with Crippen molar-refractivity contribution in [3.63, 3.8) is 0 Å². The molecular formula is C30H46F3NO4. The molecular weight excluding hydrogens is 495 g/mol. The summed E-state index contributed by atoms with van der Waals surface area (Å²) < 4.78 is 44.7. The molecule has 0 spiro atoms. The zero-order valence-electron chi connectivity index (χ0n) is 23.6. The number of halogens is 3. The monoisotopic (exact) mass is 541 g/mol. The summed E-state index contributed by atoms with van der Waals surface area (Å²) >= 11 is 0. The molecule has 4 rings (SSSR count). The third kappa shape index (κ3) is 4.76. The summed E-state index contributed by atoms with van der Waals surface area (Å²) in [7, 11) is 0. The number of alkyl halides is 3. The van der Waals surface area contributed by atoms with Crippen molar-refractivity contribution in [2.75, 3.05) is 6.61 Å². The highest BCUT2D eigenvalue weighted by Gasteiger charge is 2.61. The maximum Gasteiger partial charge on any atom is 0.416 e. The van der Waals surface area contributed by atoms with Crippen molar-refractivity contribution < 1.29 is 32.9 Å². The fourth-order valence-corrected chi connectivity index (χ4v) is 9.08. The number of nitrogens with one attached hydrogen (secondary N) is 1. The Kier molecular flexibility index (Phi) is 7.70. The Morgan fingerprint density at radius 3 is 2.50 bits per heavy atom. The number of hydrogen-bond donors (Lipinski definition) is 3. The van der Waals surface area contributed by atoms with Crippen LogP contribution in [0.25, 0.3) is 0 Å². The second-order valence-electron chi connectivity index (χ2n) is 13.6. The first-order valence-corrected chi connectivity index (χ1v) is 14.5. The molecule has 3 unspecified atom stereocenters. The Labute approximate surface area is 225 Å². The van der Waals surface area contributed by atoms with Gasteiger partial charge in [-0.2, -0.15) is 13.2 Å². The van der Waals surface area contributed by atoms with Crippen LogP contribution in [0.2, 0.25) is 0 Å². The maximum absolute atomic E-state index is 13.2. The van der Waals surface area contributed by atoms with Crippen LogP contribution in [0, 0.1) is 45.8 Å². The van der Waals surface area contributed by atoms with E-state index >= 15 is 0 Å². The van der Waals surface area contributed by atoms with Gasteiger partial charge in [0.2, 0.25) is 0 Å². The number of fused-ring (bicyclic) bond motifs is 5. The molecule has 0 aromatic carbocycles. The third-order valence-electron chi connectivity index (χ3n) is 11.6. The van der Waals surface area contributed by atoms with Crippen LogP contribution >= 0.6 is 0 Å². The summed E-state index contributed by atoms with van der Waals surface area (Å²) in [6, 6.07) is 0. The van der Waals surface area contributed by atoms with Crippen LogP contribution in [0.15, 0.2) is 11.6 Å². The lowest BCUT2D eigenvalue weighted by molar-refractivity contribution is -0.256. The lowest BCUT2D eigenvalue weighted by Crippen LogP contribution is -2.55. The molecule has 8 heteroatoms. The van der Waals surface area contributed by atoms with E-state index in [0.717, 1.165) is 44.6 Å². The molecule has 0 aromatic rings. The SMILES string of the molecule is CCOC(=O)C(=N)C1(O)CC[C@@]2(C)C(=CC[C@@H]3[C@@H]2CC[C@]2(C)C([C@H](C)CCC(C)(O)C(F)(F)F)CC[C@@H]32)C1. The van der Waals surface area contributed by atoms with Gasteiger partial charge in [0.05, 0.1) is 6.61 Å². The Hall–Kier alpha value is -1.41. The molecule has 0 heterocycles. The van der Waals surface area contributed by atoms with Gasteiger partial charge in [-0.05, 0) is 112 Å². The molecule has 3 fully saturated rings. The number of ether oxygens (including phenoxy) is 1. The molecule has 38 heavy (non-hydrogen) atoms. The summed E-state index contributed by atoms with van der Waals surface area (Å²) in [6.07, 6.45) is 4.20. The van der Waals surface area contributed by atoms with E-state index in [9.17, 15) is 28.2 Å². The zero-order chi connectivity index (χ0) is 28.3. The molecule has 9 atom stereocenters. The van der Waals surface area contributed by atoms with E-state index in [1.807, 2.05) is 0 Å². The summed E-state index contributed by atoms with van der Waals surface area (Å²) in [5.74, 6) is 1.17. The van der Waals surface area contributed by atoms with Crippen molar-refractivity contribution in [2.45, 2.75) is 116 Å². The minimum atomic E-state index is -4.62. The number of aliphatic hydroxyl groups is 2. The minimum absolute atomic E-state index is 0.0772. The topological polar surface area (TPSA) is 90.6 Å². The van der Waals surface area contributed by atoms with E-state index in [2.05, 4.69) is 26.8 Å². The van der Waals surface area contributed by atoms with Crippen LogP contribution in [0.4, 0.5) is 13.2 Å². The molecule has 5 nitrogen and oxygen atoms in total. The summed E-state index contributed by atoms with van der Waals surface area (Å²) in [4.78, 5) is 12.2. The Balaban J connectivity index is 1.49. The van der Waals surface area contributed by atoms with E-state index in [0.29, 0.717) is 49.4 Å². The first-order valence-electron chi connectivity index (χ1n) is 14.5. The molecule has 3 saturated carbocycles. The summed E-state index contributed by atoms with van der Waals surface area (Å²) in [6.45, 7) is 9.46. The van der Waals surface area contributed by atoms with Crippen LogP contribution in [-0.2, 0) is 9.53 Å². The third-order valence-corrected chi connectivity index (χ3v) is 11.6. The van der Waals surface area contributed by atoms with Crippen LogP contribution < -0.4 is 0 Å². The lowest BCUT2D eigenvalue weighted by Gasteiger charge is -2.59. The quantitative estimate of drug-likeness (QED) is 0.192. The number of rotatable bonds is 7. The predicted molar refractivity (Wildman–Crippen MR) is 140 cm³/mol. The number of carbonyl (C=O) groups excluding carboxylic acids is 1. The molecule has 3 N–H and O–H groups in total. The van der Waals surface area contributed by atoms with Crippen LogP contribution in [0.5, 0.6) is 0 Å². The fraction of sp³-hybridized carbons (Fsp3) is 0.867. The first kappa shape index (κ1) is 29.6. The van der Waals surface area contributed by atoms with Crippen LogP contribution in [0.1, 0.15) is 98.8 Å². The van der Waals surface area contributed by atoms with Crippen molar-refractivity contribution >= 4 is 11.7 Å². The number of allylic oxidation sites excluding steroid dienone is 1. The van der Waals surface area contributed by atoms with Gasteiger partial charge < -0.3 is 14.9 Å². The van der Waals surface area contributed by atoms with Gasteiger partial charge in [-0.1, -0.05) is 32.4 Å². The van der Waals surface area contributed by atoms with Crippen molar-refractivity contribution in [1.29, 1.82) is 5.41 Å². The standard InChI is InChI=1S/C30H46F3NO4/c1-6-38-25(35)24(34)29(37)16-15-26(3)19(17-29)7-8-20-22-10-9-21(27(22,4)13-12-23(20)26)18(2)11-14-28(5,36)30(31,32)33/h7,18,20-23,34,36-37H,6,8-17H2,1-5H3/t18-,20+,21?,22+,23+,26+,27-,28?,29?/m1/s1. The van der Waals surface area contributed by atoms with Crippen LogP contribution in [-0.4, -0.2) is 45.9 Å². The average Bonchev–Trinajstić information content (AvgIpc) is 3.19. The number of hydrogen-bond acceptors (Lipinski definition) is 5. The van der Waals surface area contributed by atoms with E-state index < -0.39 is 23.3 Å². The van der Waals surface area contributed by atoms with Crippen molar-refractivity contribution in [3.8, 4) is 0 Å². The number of carbonyl (C=O) groups is 1. The van der Waals surface area contributed by atoms with E-state index in [-0.39, 0.29) is 35.5 Å². The van der Waals surface area contributed by atoms with Gasteiger partial charge in [0.1, 0.15) is 11.3 Å². The Bertz CT molecular complexity index is 977.